The van der Waals surface area contributed by atoms with Crippen LogP contribution in [-0.4, -0.2) is 0 Å². The summed E-state index contributed by atoms with van der Waals surface area (Å²) in [5.41, 5.74) is 2.44. The fourth-order valence-electron chi connectivity index (χ4n) is 2.23. The molecule has 1 unspecified atom stereocenters. The molecule has 3 rings (SSSR count). The molecule has 0 amide bonds. The van der Waals surface area contributed by atoms with Gasteiger partial charge >= 0.3 is 0 Å². The highest BCUT2D eigenvalue weighted by Gasteiger charge is 2.22. The van der Waals surface area contributed by atoms with E-state index >= 15 is 0 Å². The van der Waals surface area contributed by atoms with Crippen molar-refractivity contribution in [2.24, 2.45) is 5.84 Å². The summed E-state index contributed by atoms with van der Waals surface area (Å²) < 4.78 is 41.4. The van der Waals surface area contributed by atoms with Gasteiger partial charge in [0, 0.05) is 15.1 Å². The number of hydrogen-bond donors (Lipinski definition) is 2. The van der Waals surface area contributed by atoms with Crippen molar-refractivity contribution in [3.8, 4) is 0 Å². The number of hydrazine groups is 1. The maximum Gasteiger partial charge on any atom is 0.194 e. The number of benzene rings is 2. The topological polar surface area (TPSA) is 38.0 Å². The maximum absolute atomic E-state index is 13.9. The molecule has 3 aromatic rings. The van der Waals surface area contributed by atoms with Crippen LogP contribution >= 0.6 is 11.3 Å². The van der Waals surface area contributed by atoms with Gasteiger partial charge in [0.05, 0.1) is 6.04 Å². The van der Waals surface area contributed by atoms with Crippen LogP contribution in [0.25, 0.3) is 10.1 Å². The largest absolute Gasteiger partial charge is 0.271 e. The van der Waals surface area contributed by atoms with Crippen LogP contribution in [0.3, 0.4) is 0 Å². The van der Waals surface area contributed by atoms with Crippen LogP contribution in [0.2, 0.25) is 0 Å². The first-order chi connectivity index (χ1) is 10.1. The molecule has 0 fully saturated rings. The third-order valence-electron chi connectivity index (χ3n) is 3.27. The summed E-state index contributed by atoms with van der Waals surface area (Å²) in [7, 11) is 0. The van der Waals surface area contributed by atoms with Crippen LogP contribution in [0.15, 0.2) is 42.5 Å². The van der Waals surface area contributed by atoms with Gasteiger partial charge in [0.25, 0.3) is 0 Å². The first kappa shape index (κ1) is 14.1. The van der Waals surface area contributed by atoms with Gasteiger partial charge < -0.3 is 0 Å². The van der Waals surface area contributed by atoms with Crippen LogP contribution in [0.4, 0.5) is 13.2 Å². The predicted octanol–water partition coefficient (Wildman–Crippen LogP) is 3.87. The van der Waals surface area contributed by atoms with Gasteiger partial charge in [0.1, 0.15) is 0 Å². The summed E-state index contributed by atoms with van der Waals surface area (Å²) in [6, 6.07) is 10.8. The second kappa shape index (κ2) is 5.48. The van der Waals surface area contributed by atoms with Crippen molar-refractivity contribution in [3.05, 3.63) is 70.4 Å². The second-order valence-corrected chi connectivity index (χ2v) is 5.67. The van der Waals surface area contributed by atoms with Crippen molar-refractivity contribution in [3.63, 3.8) is 0 Å². The van der Waals surface area contributed by atoms with Gasteiger partial charge in [-0.05, 0) is 23.6 Å². The van der Waals surface area contributed by atoms with E-state index in [2.05, 4.69) is 5.43 Å². The third kappa shape index (κ3) is 2.42. The van der Waals surface area contributed by atoms with Crippen molar-refractivity contribution in [2.75, 3.05) is 0 Å². The van der Waals surface area contributed by atoms with Crippen LogP contribution in [0.1, 0.15) is 16.5 Å². The van der Waals surface area contributed by atoms with Gasteiger partial charge in [-0.15, -0.1) is 11.3 Å². The summed E-state index contributed by atoms with van der Waals surface area (Å²) in [4.78, 5) is 0.726. The number of halogens is 3. The smallest absolute Gasteiger partial charge is 0.194 e. The van der Waals surface area contributed by atoms with Crippen LogP contribution in [0, 0.1) is 17.5 Å². The van der Waals surface area contributed by atoms with Crippen molar-refractivity contribution < 1.29 is 13.2 Å². The first-order valence-electron chi connectivity index (χ1n) is 6.20. The van der Waals surface area contributed by atoms with Gasteiger partial charge in [-0.2, -0.15) is 0 Å². The molecule has 0 aliphatic rings. The lowest BCUT2D eigenvalue weighted by Crippen LogP contribution is -2.29. The van der Waals surface area contributed by atoms with E-state index in [4.69, 9.17) is 5.84 Å². The Kier molecular flexibility index (Phi) is 3.67. The van der Waals surface area contributed by atoms with Crippen molar-refractivity contribution >= 4 is 21.4 Å². The molecule has 0 saturated heterocycles. The van der Waals surface area contributed by atoms with E-state index in [1.807, 2.05) is 30.3 Å². The summed E-state index contributed by atoms with van der Waals surface area (Å²) >= 11 is 1.42. The number of hydrogen-bond acceptors (Lipinski definition) is 3. The number of fused-ring (bicyclic) bond motifs is 1. The molecule has 21 heavy (non-hydrogen) atoms. The van der Waals surface area contributed by atoms with E-state index in [1.165, 1.54) is 17.4 Å². The Hall–Kier alpha value is -1.89. The molecular weight excluding hydrogens is 297 g/mol. The number of nitrogens with one attached hydrogen (secondary N) is 1. The summed E-state index contributed by atoms with van der Waals surface area (Å²) in [5, 5.41) is 0.987. The average Bonchev–Trinajstić information content (AvgIpc) is 2.91. The SMILES string of the molecule is NNC(c1cc2ccccc2s1)c1ccc(F)c(F)c1F. The van der Waals surface area contributed by atoms with Gasteiger partial charge in [-0.25, -0.2) is 18.6 Å². The van der Waals surface area contributed by atoms with E-state index in [9.17, 15) is 13.2 Å². The molecule has 1 heterocycles. The quantitative estimate of drug-likeness (QED) is 0.438. The molecule has 0 aliphatic heterocycles. The number of nitrogens with two attached hydrogens (primary N) is 1. The van der Waals surface area contributed by atoms with Crippen molar-refractivity contribution in [1.29, 1.82) is 0 Å². The highest BCUT2D eigenvalue weighted by Crippen LogP contribution is 2.34. The van der Waals surface area contributed by atoms with Crippen LogP contribution < -0.4 is 11.3 Å². The third-order valence-corrected chi connectivity index (χ3v) is 4.45. The Labute approximate surface area is 123 Å². The molecule has 0 bridgehead atoms. The minimum absolute atomic E-state index is 0.0250. The van der Waals surface area contributed by atoms with E-state index in [0.717, 1.165) is 21.0 Å². The minimum Gasteiger partial charge on any atom is -0.271 e. The molecule has 1 atom stereocenters. The second-order valence-electron chi connectivity index (χ2n) is 4.55. The van der Waals surface area contributed by atoms with Crippen molar-refractivity contribution in [2.45, 2.75) is 6.04 Å². The molecule has 0 spiro atoms. The molecular formula is C15H11F3N2S. The molecule has 1 aromatic heterocycles. The number of thiophene rings is 1. The molecule has 0 radical (unpaired) electrons. The lowest BCUT2D eigenvalue weighted by Gasteiger charge is -2.15. The van der Waals surface area contributed by atoms with Gasteiger partial charge in [-0.3, -0.25) is 5.84 Å². The Morgan fingerprint density at radius 2 is 1.76 bits per heavy atom. The highest BCUT2D eigenvalue weighted by atomic mass is 32.1. The monoisotopic (exact) mass is 308 g/mol. The molecule has 2 nitrogen and oxygen atoms in total. The first-order valence-corrected chi connectivity index (χ1v) is 7.01. The zero-order valence-electron chi connectivity index (χ0n) is 10.7. The van der Waals surface area contributed by atoms with E-state index in [1.54, 1.807) is 0 Å². The normalized spacial score (nSPS) is 12.8. The Bertz CT molecular complexity index is 768. The van der Waals surface area contributed by atoms with Gasteiger partial charge in [0.2, 0.25) is 0 Å². The fourth-order valence-corrected chi connectivity index (χ4v) is 3.38. The van der Waals surface area contributed by atoms with Gasteiger partial charge in [0.15, 0.2) is 17.5 Å². The standard InChI is InChI=1S/C15H11F3N2S/c16-10-6-5-9(13(17)14(10)18)15(20-19)12-7-8-3-1-2-4-11(8)21-12/h1-7,15,20H,19H2. The lowest BCUT2D eigenvalue weighted by molar-refractivity contribution is 0.434. The summed E-state index contributed by atoms with van der Waals surface area (Å²) in [5.74, 6) is 1.55. The average molecular weight is 308 g/mol. The van der Waals surface area contributed by atoms with E-state index < -0.39 is 23.5 Å². The molecule has 0 aliphatic carbocycles. The molecule has 3 N–H and O–H groups in total. The number of rotatable bonds is 3. The Balaban J connectivity index is 2.12. The predicted molar refractivity (Wildman–Crippen MR) is 77.3 cm³/mol. The van der Waals surface area contributed by atoms with E-state index in [-0.39, 0.29) is 5.56 Å². The maximum atomic E-state index is 13.9. The fraction of sp³-hybridized carbons (Fsp3) is 0.0667. The molecule has 6 heteroatoms. The van der Waals surface area contributed by atoms with Gasteiger partial charge in [-0.1, -0.05) is 24.3 Å². The van der Waals surface area contributed by atoms with Crippen LogP contribution in [0.5, 0.6) is 0 Å². The van der Waals surface area contributed by atoms with Crippen molar-refractivity contribution in [1.82, 2.24) is 5.43 Å². The summed E-state index contributed by atoms with van der Waals surface area (Å²) in [6.07, 6.45) is 0. The Morgan fingerprint density at radius 3 is 2.48 bits per heavy atom. The minimum atomic E-state index is -1.49. The van der Waals surface area contributed by atoms with Crippen LogP contribution in [-0.2, 0) is 0 Å². The van der Waals surface area contributed by atoms with E-state index in [0.29, 0.717) is 0 Å². The zero-order valence-corrected chi connectivity index (χ0v) is 11.6. The molecule has 2 aromatic carbocycles. The molecule has 0 saturated carbocycles. The lowest BCUT2D eigenvalue weighted by atomic mass is 10.0. The summed E-state index contributed by atoms with van der Waals surface area (Å²) in [6.45, 7) is 0. The zero-order chi connectivity index (χ0) is 15.0. The highest BCUT2D eigenvalue weighted by molar-refractivity contribution is 7.19. The molecule has 108 valence electrons. The Morgan fingerprint density at radius 1 is 1.00 bits per heavy atom.